The van der Waals surface area contributed by atoms with Crippen molar-refractivity contribution in [2.75, 3.05) is 45.6 Å². The molecule has 0 radical (unpaired) electrons. The molecule has 44 heavy (non-hydrogen) atoms. The van der Waals surface area contributed by atoms with Crippen molar-refractivity contribution < 1.29 is 13.2 Å². The first kappa shape index (κ1) is 30.9. The Labute approximate surface area is 264 Å². The second-order valence-corrected chi connectivity index (χ2v) is 13.9. The molecule has 2 aliphatic rings. The van der Waals surface area contributed by atoms with Crippen molar-refractivity contribution in [1.82, 2.24) is 29.3 Å². The van der Waals surface area contributed by atoms with Gasteiger partial charge in [-0.05, 0) is 47.9 Å². The average molecular weight is 635 g/mol. The number of nitrogens with one attached hydrogen (secondary N) is 1. The van der Waals surface area contributed by atoms with Crippen LogP contribution in [0.25, 0.3) is 22.4 Å². The zero-order chi connectivity index (χ0) is 30.5. The van der Waals surface area contributed by atoms with E-state index in [0.29, 0.717) is 37.6 Å². The van der Waals surface area contributed by atoms with E-state index in [-0.39, 0.29) is 0 Å². The zero-order valence-corrected chi connectivity index (χ0v) is 26.7. The van der Waals surface area contributed by atoms with E-state index in [1.54, 1.807) is 10.5 Å². The molecule has 0 atom stereocenters. The Morgan fingerprint density at radius 1 is 0.955 bits per heavy atom. The molecule has 0 bridgehead atoms. The number of pyridine rings is 1. The first-order chi connectivity index (χ1) is 21.3. The van der Waals surface area contributed by atoms with Crippen molar-refractivity contribution >= 4 is 21.6 Å². The van der Waals surface area contributed by atoms with Crippen molar-refractivity contribution in [2.24, 2.45) is 0 Å². The van der Waals surface area contributed by atoms with E-state index < -0.39 is 10.0 Å². The summed E-state index contributed by atoms with van der Waals surface area (Å²) >= 11 is 6.78. The number of morpholine rings is 1. The van der Waals surface area contributed by atoms with Gasteiger partial charge < -0.3 is 10.1 Å². The van der Waals surface area contributed by atoms with Crippen LogP contribution in [-0.2, 0) is 47.4 Å². The zero-order valence-electron chi connectivity index (χ0n) is 25.1. The molecular formula is C33H39ClN6O3S. The lowest BCUT2D eigenvalue weighted by molar-refractivity contribution is 0.0368. The van der Waals surface area contributed by atoms with Gasteiger partial charge in [0.1, 0.15) is 0 Å². The van der Waals surface area contributed by atoms with Gasteiger partial charge in [0.05, 0.1) is 30.9 Å². The molecule has 1 saturated heterocycles. The second-order valence-electron chi connectivity index (χ2n) is 11.5. The first-order valence-electron chi connectivity index (χ1n) is 15.2. The molecule has 9 nitrogen and oxygen atoms in total. The van der Waals surface area contributed by atoms with Crippen LogP contribution < -0.4 is 5.32 Å². The topological polar surface area (TPSA) is 92.6 Å². The van der Waals surface area contributed by atoms with Gasteiger partial charge in [-0.3, -0.25) is 14.6 Å². The van der Waals surface area contributed by atoms with Crippen LogP contribution in [0.15, 0.2) is 66.9 Å². The van der Waals surface area contributed by atoms with Crippen LogP contribution in [0.3, 0.4) is 0 Å². The third kappa shape index (κ3) is 7.39. The third-order valence-corrected chi connectivity index (χ3v) is 9.93. The lowest BCUT2D eigenvalue weighted by Gasteiger charge is -2.27. The molecule has 0 spiro atoms. The second kappa shape index (κ2) is 13.9. The maximum Gasteiger partial charge on any atom is 0.211 e. The molecule has 4 aromatic rings. The summed E-state index contributed by atoms with van der Waals surface area (Å²) in [5, 5.41) is 9.23. The Bertz CT molecular complexity index is 1690. The van der Waals surface area contributed by atoms with Crippen LogP contribution in [0.2, 0.25) is 5.02 Å². The molecule has 2 aromatic heterocycles. The van der Waals surface area contributed by atoms with Crippen molar-refractivity contribution in [1.29, 1.82) is 0 Å². The number of benzene rings is 2. The fraction of sp³-hybridized carbons (Fsp3) is 0.394. The first-order valence-corrected chi connectivity index (χ1v) is 17.4. The summed E-state index contributed by atoms with van der Waals surface area (Å²) in [6, 6.07) is 20.3. The third-order valence-electron chi connectivity index (χ3n) is 8.36. The number of nitrogens with zero attached hydrogens (tertiary/aromatic N) is 5. The minimum Gasteiger partial charge on any atom is -0.379 e. The fourth-order valence-electron chi connectivity index (χ4n) is 6.02. The number of fused-ring (bicyclic) bond motifs is 1. The summed E-state index contributed by atoms with van der Waals surface area (Å²) in [6.45, 7) is 7.43. The van der Waals surface area contributed by atoms with Gasteiger partial charge in [-0.2, -0.15) is 9.40 Å². The Balaban J connectivity index is 1.26. The largest absolute Gasteiger partial charge is 0.379 e. The summed E-state index contributed by atoms with van der Waals surface area (Å²) in [6.07, 6.45) is 4.69. The Kier molecular flexibility index (Phi) is 9.75. The van der Waals surface area contributed by atoms with Crippen molar-refractivity contribution in [3.8, 4) is 22.4 Å². The van der Waals surface area contributed by atoms with E-state index in [0.717, 1.165) is 90.7 Å². The quantitative estimate of drug-likeness (QED) is 0.258. The highest BCUT2D eigenvalue weighted by Gasteiger charge is 2.30. The highest BCUT2D eigenvalue weighted by molar-refractivity contribution is 7.88. The predicted molar refractivity (Wildman–Crippen MR) is 174 cm³/mol. The molecule has 11 heteroatoms. The molecule has 0 unspecified atom stereocenters. The van der Waals surface area contributed by atoms with Crippen molar-refractivity contribution in [2.45, 2.75) is 39.0 Å². The minimum absolute atomic E-state index is 0.322. The minimum atomic E-state index is -3.33. The maximum atomic E-state index is 12.5. The fourth-order valence-corrected chi connectivity index (χ4v) is 7.03. The lowest BCUT2D eigenvalue weighted by atomic mass is 9.97. The normalized spacial score (nSPS) is 16.2. The molecule has 4 heterocycles. The number of sulfonamides is 1. The van der Waals surface area contributed by atoms with Crippen LogP contribution in [0.4, 0.5) is 0 Å². The van der Waals surface area contributed by atoms with Gasteiger partial charge in [0.25, 0.3) is 0 Å². The number of aromatic nitrogens is 3. The number of hydrogen-bond acceptors (Lipinski definition) is 7. The number of ether oxygens (including phenoxy) is 1. The standard InChI is InChI=1S/C33H39ClN6O3S/c1-44(41,42)39-15-11-32-30(24-39)33(37-40(32)14-5-13-38-16-18-43-19-17-38)27-9-10-31(34)29(21-27)26-7-4-6-25(20-26)22-35-23-28-8-2-3-12-36-28/h2-4,6-10,12,20-21,35H,5,11,13-19,22-24H2,1H3. The average Bonchev–Trinajstić information content (AvgIpc) is 3.40. The molecular weight excluding hydrogens is 596 g/mol. The molecule has 6 rings (SSSR count). The van der Waals surface area contributed by atoms with Crippen LogP contribution in [0.5, 0.6) is 0 Å². The number of halogens is 1. The number of hydrogen-bond donors (Lipinski definition) is 1. The molecule has 2 aromatic carbocycles. The molecule has 1 N–H and O–H groups in total. The molecule has 1 fully saturated rings. The Morgan fingerprint density at radius 2 is 1.82 bits per heavy atom. The molecule has 0 saturated carbocycles. The number of rotatable bonds is 11. The summed E-state index contributed by atoms with van der Waals surface area (Å²) in [5.41, 5.74) is 7.94. The Morgan fingerprint density at radius 3 is 2.61 bits per heavy atom. The van der Waals surface area contributed by atoms with Gasteiger partial charge in [-0.1, -0.05) is 41.9 Å². The van der Waals surface area contributed by atoms with Crippen molar-refractivity contribution in [3.05, 3.63) is 94.4 Å². The van der Waals surface area contributed by atoms with E-state index in [4.69, 9.17) is 21.4 Å². The van der Waals surface area contributed by atoms with Crippen LogP contribution in [0.1, 0.15) is 28.9 Å². The monoisotopic (exact) mass is 634 g/mol. The smallest absolute Gasteiger partial charge is 0.211 e. The predicted octanol–water partition coefficient (Wildman–Crippen LogP) is 4.60. The van der Waals surface area contributed by atoms with Crippen LogP contribution in [-0.4, -0.2) is 78.0 Å². The summed E-state index contributed by atoms with van der Waals surface area (Å²) < 4.78 is 34.2. The van der Waals surface area contributed by atoms with E-state index in [9.17, 15) is 8.42 Å². The SMILES string of the molecule is CS(=O)(=O)N1CCc2c(c(-c3ccc(Cl)c(-c4cccc(CNCc5ccccn5)c4)c3)nn2CCCN2CCOCC2)C1. The molecule has 2 aliphatic heterocycles. The number of aryl methyl sites for hydroxylation is 1. The maximum absolute atomic E-state index is 12.5. The van der Waals surface area contributed by atoms with Gasteiger partial charge in [0, 0.05) is 92.4 Å². The molecule has 232 valence electrons. The van der Waals surface area contributed by atoms with E-state index in [1.807, 2.05) is 36.4 Å². The van der Waals surface area contributed by atoms with E-state index >= 15 is 0 Å². The van der Waals surface area contributed by atoms with Gasteiger partial charge in [0.15, 0.2) is 0 Å². The van der Waals surface area contributed by atoms with Crippen molar-refractivity contribution in [3.63, 3.8) is 0 Å². The van der Waals surface area contributed by atoms with E-state index in [2.05, 4.69) is 44.1 Å². The lowest BCUT2D eigenvalue weighted by Crippen LogP contribution is -2.37. The van der Waals surface area contributed by atoms with Gasteiger partial charge in [-0.25, -0.2) is 8.42 Å². The summed E-state index contributed by atoms with van der Waals surface area (Å²) in [5.74, 6) is 0. The van der Waals surface area contributed by atoms with Crippen LogP contribution >= 0.6 is 11.6 Å². The Hall–Kier alpha value is -3.12. The van der Waals surface area contributed by atoms with Gasteiger partial charge in [-0.15, -0.1) is 0 Å². The van der Waals surface area contributed by atoms with E-state index in [1.165, 1.54) is 6.26 Å². The van der Waals surface area contributed by atoms with Gasteiger partial charge >= 0.3 is 0 Å². The molecule has 0 amide bonds. The summed E-state index contributed by atoms with van der Waals surface area (Å²) in [4.78, 5) is 6.81. The van der Waals surface area contributed by atoms with Gasteiger partial charge in [0.2, 0.25) is 10.0 Å². The van der Waals surface area contributed by atoms with Crippen LogP contribution in [0, 0.1) is 0 Å². The molecule has 0 aliphatic carbocycles. The summed E-state index contributed by atoms with van der Waals surface area (Å²) in [7, 11) is -3.33. The highest BCUT2D eigenvalue weighted by atomic mass is 35.5. The highest BCUT2D eigenvalue weighted by Crippen LogP contribution is 2.36.